The van der Waals surface area contributed by atoms with E-state index in [4.69, 9.17) is 9.47 Å². The van der Waals surface area contributed by atoms with Crippen molar-refractivity contribution >= 4 is 0 Å². The highest BCUT2D eigenvalue weighted by Crippen LogP contribution is 2.48. The Morgan fingerprint density at radius 1 is 0.615 bits per heavy atom. The highest BCUT2D eigenvalue weighted by atomic mass is 16.5. The Hall–Kier alpha value is -2.74. The van der Waals surface area contributed by atoms with Gasteiger partial charge in [0, 0.05) is 24.0 Å². The molecule has 0 spiro atoms. The first-order chi connectivity index (χ1) is 12.6. The molecule has 2 nitrogen and oxygen atoms in total. The smallest absolute Gasteiger partial charge is 0.135 e. The molecule has 3 aromatic rings. The molecule has 0 saturated heterocycles. The fourth-order valence-corrected chi connectivity index (χ4v) is 4.30. The van der Waals surface area contributed by atoms with Gasteiger partial charge in [0.25, 0.3) is 0 Å². The van der Waals surface area contributed by atoms with Gasteiger partial charge in [0.05, 0.1) is 0 Å². The van der Waals surface area contributed by atoms with E-state index in [2.05, 4.69) is 74.5 Å². The Morgan fingerprint density at radius 2 is 1.00 bits per heavy atom. The van der Waals surface area contributed by atoms with E-state index in [-0.39, 0.29) is 11.2 Å². The number of fused-ring (bicyclic) bond motifs is 2. The SMILES string of the molecule is C[C@@]1(c2ccccc2)Cc2cc3c(cc2O1)C[C@@](C)(c1ccccc1)O3. The van der Waals surface area contributed by atoms with Crippen molar-refractivity contribution in [2.45, 2.75) is 37.9 Å². The second-order valence-electron chi connectivity index (χ2n) is 7.82. The van der Waals surface area contributed by atoms with E-state index >= 15 is 0 Å². The van der Waals surface area contributed by atoms with Gasteiger partial charge in [0.2, 0.25) is 0 Å². The average Bonchev–Trinajstić information content (AvgIpc) is 3.17. The minimum absolute atomic E-state index is 0.304. The third-order valence-corrected chi connectivity index (χ3v) is 5.74. The maximum atomic E-state index is 6.42. The van der Waals surface area contributed by atoms with Gasteiger partial charge in [-0.25, -0.2) is 0 Å². The molecule has 0 radical (unpaired) electrons. The minimum Gasteiger partial charge on any atom is -0.482 e. The summed E-state index contributed by atoms with van der Waals surface area (Å²) in [7, 11) is 0. The molecule has 0 saturated carbocycles. The van der Waals surface area contributed by atoms with E-state index in [0.717, 1.165) is 24.3 Å². The highest BCUT2D eigenvalue weighted by Gasteiger charge is 2.41. The molecule has 0 fully saturated rings. The van der Waals surface area contributed by atoms with Crippen molar-refractivity contribution < 1.29 is 9.47 Å². The number of rotatable bonds is 2. The van der Waals surface area contributed by atoms with E-state index in [1.807, 2.05) is 12.1 Å². The minimum atomic E-state index is -0.304. The molecule has 0 bridgehead atoms. The average molecular weight is 342 g/mol. The standard InChI is InChI=1S/C24H22O2/c1-23(19-9-5-3-6-10-19)15-17-13-22-18(14-21(17)25-23)16-24(2,26-22)20-11-7-4-8-12-20/h3-14H,15-16H2,1-2H3/t23-,24-/m0/s1. The van der Waals surface area contributed by atoms with Gasteiger partial charge < -0.3 is 9.47 Å². The van der Waals surface area contributed by atoms with Crippen LogP contribution in [0.2, 0.25) is 0 Å². The Labute approximate surface area is 154 Å². The van der Waals surface area contributed by atoms with Crippen LogP contribution in [0.5, 0.6) is 11.5 Å². The first-order valence-corrected chi connectivity index (χ1v) is 9.21. The Bertz CT molecular complexity index is 849. The van der Waals surface area contributed by atoms with Crippen LogP contribution in [-0.4, -0.2) is 0 Å². The zero-order chi connectivity index (χ0) is 17.8. The van der Waals surface area contributed by atoms with Crippen molar-refractivity contribution in [3.63, 3.8) is 0 Å². The fourth-order valence-electron chi connectivity index (χ4n) is 4.30. The molecule has 0 amide bonds. The third kappa shape index (κ3) is 2.33. The normalized spacial score (nSPS) is 25.9. The zero-order valence-corrected chi connectivity index (χ0v) is 15.2. The summed E-state index contributed by atoms with van der Waals surface area (Å²) in [5.41, 5.74) is 4.28. The van der Waals surface area contributed by atoms with E-state index in [1.165, 1.54) is 22.3 Å². The lowest BCUT2D eigenvalue weighted by molar-refractivity contribution is 0.114. The largest absolute Gasteiger partial charge is 0.482 e. The Balaban J connectivity index is 1.47. The molecule has 0 aromatic heterocycles. The highest BCUT2D eigenvalue weighted by molar-refractivity contribution is 5.53. The maximum absolute atomic E-state index is 6.42. The van der Waals surface area contributed by atoms with Crippen molar-refractivity contribution in [2.75, 3.05) is 0 Å². The molecule has 0 aliphatic carbocycles. The van der Waals surface area contributed by atoms with Crippen LogP contribution in [0.4, 0.5) is 0 Å². The summed E-state index contributed by atoms with van der Waals surface area (Å²) in [5, 5.41) is 0. The van der Waals surface area contributed by atoms with Crippen LogP contribution in [0.1, 0.15) is 36.1 Å². The molecule has 2 aliphatic rings. The van der Waals surface area contributed by atoms with E-state index in [9.17, 15) is 0 Å². The lowest BCUT2D eigenvalue weighted by atomic mass is 9.89. The lowest BCUT2D eigenvalue weighted by Crippen LogP contribution is -2.27. The monoisotopic (exact) mass is 342 g/mol. The second kappa shape index (κ2) is 5.38. The molecule has 5 rings (SSSR count). The lowest BCUT2D eigenvalue weighted by Gasteiger charge is -2.25. The van der Waals surface area contributed by atoms with Gasteiger partial charge in [-0.2, -0.15) is 0 Å². The molecule has 2 atom stereocenters. The van der Waals surface area contributed by atoms with Crippen molar-refractivity contribution in [3.05, 3.63) is 95.1 Å². The molecule has 2 aliphatic heterocycles. The molecule has 3 aromatic carbocycles. The van der Waals surface area contributed by atoms with Gasteiger partial charge in [-0.1, -0.05) is 60.7 Å². The van der Waals surface area contributed by atoms with Crippen molar-refractivity contribution in [1.29, 1.82) is 0 Å². The number of hydrogen-bond acceptors (Lipinski definition) is 2. The molecule has 0 unspecified atom stereocenters. The van der Waals surface area contributed by atoms with Gasteiger partial charge in [0.1, 0.15) is 22.7 Å². The predicted octanol–water partition coefficient (Wildman–Crippen LogP) is 5.39. The van der Waals surface area contributed by atoms with E-state index in [0.29, 0.717) is 0 Å². The molecule has 2 heterocycles. The van der Waals surface area contributed by atoms with Crippen LogP contribution >= 0.6 is 0 Å². The molecular formula is C24H22O2. The van der Waals surface area contributed by atoms with Crippen molar-refractivity contribution in [2.24, 2.45) is 0 Å². The topological polar surface area (TPSA) is 18.5 Å². The summed E-state index contributed by atoms with van der Waals surface area (Å²) in [6, 6.07) is 25.3. The third-order valence-electron chi connectivity index (χ3n) is 5.74. The summed E-state index contributed by atoms with van der Waals surface area (Å²) >= 11 is 0. The van der Waals surface area contributed by atoms with Crippen LogP contribution in [0.3, 0.4) is 0 Å². The maximum Gasteiger partial charge on any atom is 0.135 e. The van der Waals surface area contributed by atoms with E-state index < -0.39 is 0 Å². The molecule has 130 valence electrons. The van der Waals surface area contributed by atoms with Crippen molar-refractivity contribution in [3.8, 4) is 11.5 Å². The summed E-state index contributed by atoms with van der Waals surface area (Å²) in [6.45, 7) is 4.34. The molecular weight excluding hydrogens is 320 g/mol. The number of hydrogen-bond donors (Lipinski definition) is 0. The zero-order valence-electron chi connectivity index (χ0n) is 15.2. The first kappa shape index (κ1) is 15.5. The fraction of sp³-hybridized carbons (Fsp3) is 0.250. The molecule has 0 N–H and O–H groups in total. The van der Waals surface area contributed by atoms with Gasteiger partial charge in [-0.05, 0) is 37.1 Å². The van der Waals surface area contributed by atoms with Gasteiger partial charge in [-0.3, -0.25) is 0 Å². The number of ether oxygens (including phenoxy) is 2. The van der Waals surface area contributed by atoms with Gasteiger partial charge in [0.15, 0.2) is 0 Å². The van der Waals surface area contributed by atoms with Crippen LogP contribution < -0.4 is 9.47 Å². The van der Waals surface area contributed by atoms with Crippen LogP contribution in [0.15, 0.2) is 72.8 Å². The summed E-state index contributed by atoms with van der Waals surface area (Å²) < 4.78 is 12.8. The summed E-state index contributed by atoms with van der Waals surface area (Å²) in [6.07, 6.45) is 1.73. The molecule has 26 heavy (non-hydrogen) atoms. The van der Waals surface area contributed by atoms with E-state index in [1.54, 1.807) is 0 Å². The van der Waals surface area contributed by atoms with Gasteiger partial charge >= 0.3 is 0 Å². The number of benzene rings is 3. The summed E-state index contributed by atoms with van der Waals surface area (Å²) in [4.78, 5) is 0. The summed E-state index contributed by atoms with van der Waals surface area (Å²) in [5.74, 6) is 1.99. The van der Waals surface area contributed by atoms with Crippen molar-refractivity contribution in [1.82, 2.24) is 0 Å². The second-order valence-corrected chi connectivity index (χ2v) is 7.82. The van der Waals surface area contributed by atoms with Crippen LogP contribution in [-0.2, 0) is 24.0 Å². The predicted molar refractivity (Wildman–Crippen MR) is 103 cm³/mol. The van der Waals surface area contributed by atoms with Crippen LogP contribution in [0.25, 0.3) is 0 Å². The first-order valence-electron chi connectivity index (χ1n) is 9.21. The quantitative estimate of drug-likeness (QED) is 0.622. The Kier molecular flexibility index (Phi) is 3.21. The molecule has 2 heteroatoms. The Morgan fingerprint density at radius 3 is 1.38 bits per heavy atom. The van der Waals surface area contributed by atoms with Crippen LogP contribution in [0, 0.1) is 0 Å². The van der Waals surface area contributed by atoms with Gasteiger partial charge in [-0.15, -0.1) is 0 Å².